The van der Waals surface area contributed by atoms with Gasteiger partial charge < -0.3 is 20.5 Å². The van der Waals surface area contributed by atoms with Crippen LogP contribution in [0.15, 0.2) is 91.0 Å². The van der Waals surface area contributed by atoms with Crippen molar-refractivity contribution in [2.75, 3.05) is 24.4 Å². The highest BCUT2D eigenvalue weighted by Gasteiger charge is 2.46. The fraction of sp³-hybridized carbons (Fsp3) is 0.233. The first-order valence-corrected chi connectivity index (χ1v) is 12.4. The van der Waals surface area contributed by atoms with Gasteiger partial charge in [-0.1, -0.05) is 79.2 Å². The number of esters is 1. The number of nitrogens with one attached hydrogen (secondary N) is 2. The molecule has 3 N–H and O–H groups in total. The van der Waals surface area contributed by atoms with E-state index in [1.165, 1.54) is 7.11 Å². The van der Waals surface area contributed by atoms with Crippen LogP contribution in [0, 0.1) is 0 Å². The molecule has 1 fully saturated rings. The van der Waals surface area contributed by atoms with Gasteiger partial charge >= 0.3 is 5.97 Å². The number of hydrogen-bond donors (Lipinski definition) is 3. The molecule has 7 heteroatoms. The number of aliphatic hydroxyl groups excluding tert-OH is 1. The molecule has 5 rings (SSSR count). The fourth-order valence-electron chi connectivity index (χ4n) is 4.77. The SMILES string of the molecule is COC(=O)C1(c2ccc(Nc3nc(NC(CO)c4ccccc4)cc(-c4ccccc4)n3)cc2)CCC1. The molecule has 1 saturated carbocycles. The second-order valence-corrected chi connectivity index (χ2v) is 9.25. The maximum absolute atomic E-state index is 12.4. The Kier molecular flexibility index (Phi) is 7.14. The van der Waals surface area contributed by atoms with E-state index >= 15 is 0 Å². The van der Waals surface area contributed by atoms with Gasteiger partial charge in [0.15, 0.2) is 0 Å². The van der Waals surface area contributed by atoms with E-state index in [9.17, 15) is 9.90 Å². The molecule has 0 spiro atoms. The zero-order valence-corrected chi connectivity index (χ0v) is 20.7. The lowest BCUT2D eigenvalue weighted by molar-refractivity contribution is -0.151. The van der Waals surface area contributed by atoms with E-state index in [1.807, 2.05) is 91.0 Å². The maximum atomic E-state index is 12.4. The number of carbonyl (C=O) groups excluding carboxylic acids is 1. The van der Waals surface area contributed by atoms with E-state index in [1.54, 1.807) is 0 Å². The van der Waals surface area contributed by atoms with Crippen molar-refractivity contribution in [1.82, 2.24) is 9.97 Å². The molecule has 7 nitrogen and oxygen atoms in total. The summed E-state index contributed by atoms with van der Waals surface area (Å²) in [4.78, 5) is 21.9. The minimum Gasteiger partial charge on any atom is -0.468 e. The van der Waals surface area contributed by atoms with E-state index in [0.29, 0.717) is 11.8 Å². The first kappa shape index (κ1) is 24.5. The quantitative estimate of drug-likeness (QED) is 0.260. The molecule has 3 aromatic carbocycles. The fourth-order valence-corrected chi connectivity index (χ4v) is 4.77. The second-order valence-electron chi connectivity index (χ2n) is 9.25. The molecule has 37 heavy (non-hydrogen) atoms. The van der Waals surface area contributed by atoms with Gasteiger partial charge in [-0.25, -0.2) is 4.98 Å². The Morgan fingerprint density at radius 1 is 0.973 bits per heavy atom. The zero-order valence-electron chi connectivity index (χ0n) is 20.7. The van der Waals surface area contributed by atoms with Crippen molar-refractivity contribution in [3.8, 4) is 11.3 Å². The summed E-state index contributed by atoms with van der Waals surface area (Å²) >= 11 is 0. The van der Waals surface area contributed by atoms with Crippen LogP contribution in [-0.2, 0) is 14.9 Å². The Hall–Kier alpha value is -4.23. The molecule has 0 saturated heterocycles. The molecule has 1 aromatic heterocycles. The van der Waals surface area contributed by atoms with Crippen LogP contribution < -0.4 is 10.6 Å². The van der Waals surface area contributed by atoms with Gasteiger partial charge in [-0.2, -0.15) is 4.98 Å². The minimum absolute atomic E-state index is 0.0825. The van der Waals surface area contributed by atoms with Gasteiger partial charge in [0.05, 0.1) is 30.9 Å². The molecule has 1 heterocycles. The van der Waals surface area contributed by atoms with Crippen molar-refractivity contribution in [3.05, 3.63) is 102 Å². The second kappa shape index (κ2) is 10.8. The molecule has 1 aliphatic carbocycles. The van der Waals surface area contributed by atoms with Crippen LogP contribution in [-0.4, -0.2) is 34.8 Å². The summed E-state index contributed by atoms with van der Waals surface area (Å²) in [6.07, 6.45) is 2.62. The summed E-state index contributed by atoms with van der Waals surface area (Å²) in [5, 5.41) is 16.7. The standard InChI is InChI=1S/C30H30N4O3/c1-37-28(36)30(17-8-18-30)23-13-15-24(16-14-23)31-29-33-25(21-9-4-2-5-10-21)19-27(34-29)32-26(20-35)22-11-6-3-7-12-22/h2-7,9-16,19,26,35H,8,17-18,20H2,1H3,(H2,31,32,33,34). The van der Waals surface area contributed by atoms with Gasteiger partial charge in [0.1, 0.15) is 5.82 Å². The number of benzene rings is 3. The van der Waals surface area contributed by atoms with Crippen LogP contribution in [0.4, 0.5) is 17.5 Å². The summed E-state index contributed by atoms with van der Waals surface area (Å²) < 4.78 is 5.08. The molecule has 1 unspecified atom stereocenters. The van der Waals surface area contributed by atoms with Gasteiger partial charge in [0.25, 0.3) is 0 Å². The summed E-state index contributed by atoms with van der Waals surface area (Å²) in [6.45, 7) is -0.0825. The maximum Gasteiger partial charge on any atom is 0.316 e. The molecule has 188 valence electrons. The molecule has 1 aliphatic rings. The molecule has 1 atom stereocenters. The van der Waals surface area contributed by atoms with E-state index in [2.05, 4.69) is 15.6 Å². The number of ether oxygens (including phenoxy) is 1. The third-order valence-electron chi connectivity index (χ3n) is 6.98. The third-order valence-corrected chi connectivity index (χ3v) is 6.98. The number of aliphatic hydroxyl groups is 1. The summed E-state index contributed by atoms with van der Waals surface area (Å²) in [5.74, 6) is 0.841. The number of rotatable bonds is 9. The van der Waals surface area contributed by atoms with Crippen molar-refractivity contribution in [3.63, 3.8) is 0 Å². The lowest BCUT2D eigenvalue weighted by atomic mass is 9.64. The average molecular weight is 495 g/mol. The van der Waals surface area contributed by atoms with E-state index in [0.717, 1.165) is 47.3 Å². The van der Waals surface area contributed by atoms with Crippen molar-refractivity contribution in [2.24, 2.45) is 0 Å². The number of nitrogens with zero attached hydrogens (tertiary/aromatic N) is 2. The normalized spacial score (nSPS) is 14.8. The van der Waals surface area contributed by atoms with Gasteiger partial charge in [-0.15, -0.1) is 0 Å². The van der Waals surface area contributed by atoms with Crippen molar-refractivity contribution in [2.45, 2.75) is 30.7 Å². The summed E-state index contributed by atoms with van der Waals surface area (Å²) in [6, 6.07) is 29.0. The molecular formula is C30H30N4O3. The lowest BCUT2D eigenvalue weighted by Crippen LogP contribution is -2.43. The Morgan fingerprint density at radius 2 is 1.65 bits per heavy atom. The Bertz CT molecular complexity index is 1340. The monoisotopic (exact) mass is 494 g/mol. The first-order chi connectivity index (χ1) is 18.1. The van der Waals surface area contributed by atoms with Gasteiger partial charge in [-0.3, -0.25) is 4.79 Å². The highest BCUT2D eigenvalue weighted by atomic mass is 16.5. The van der Waals surface area contributed by atoms with E-state index in [4.69, 9.17) is 9.72 Å². The smallest absolute Gasteiger partial charge is 0.316 e. The Balaban J connectivity index is 1.43. The molecule has 0 radical (unpaired) electrons. The van der Waals surface area contributed by atoms with E-state index in [-0.39, 0.29) is 18.6 Å². The van der Waals surface area contributed by atoms with Crippen molar-refractivity contribution >= 4 is 23.4 Å². The van der Waals surface area contributed by atoms with E-state index < -0.39 is 5.41 Å². The predicted octanol–water partition coefficient (Wildman–Crippen LogP) is 5.63. The summed E-state index contributed by atoms with van der Waals surface area (Å²) in [5.41, 5.74) is 3.90. The number of carbonyl (C=O) groups is 1. The van der Waals surface area contributed by atoms with Crippen molar-refractivity contribution in [1.29, 1.82) is 0 Å². The minimum atomic E-state index is -0.537. The molecule has 4 aromatic rings. The van der Waals surface area contributed by atoms with Crippen LogP contribution in [0.5, 0.6) is 0 Å². The van der Waals surface area contributed by atoms with Crippen LogP contribution in [0.1, 0.15) is 36.4 Å². The molecule has 0 aliphatic heterocycles. The van der Waals surface area contributed by atoms with Crippen LogP contribution in [0.2, 0.25) is 0 Å². The number of hydrogen-bond acceptors (Lipinski definition) is 7. The van der Waals surface area contributed by atoms with Crippen LogP contribution >= 0.6 is 0 Å². The van der Waals surface area contributed by atoms with Crippen LogP contribution in [0.3, 0.4) is 0 Å². The van der Waals surface area contributed by atoms with Crippen molar-refractivity contribution < 1.29 is 14.6 Å². The van der Waals surface area contributed by atoms with Crippen LogP contribution in [0.25, 0.3) is 11.3 Å². The number of methoxy groups -OCH3 is 1. The summed E-state index contributed by atoms with van der Waals surface area (Å²) in [7, 11) is 1.44. The first-order valence-electron chi connectivity index (χ1n) is 12.4. The Labute approximate surface area is 216 Å². The molecule has 0 amide bonds. The van der Waals surface area contributed by atoms with Gasteiger partial charge in [0.2, 0.25) is 5.95 Å². The number of aromatic nitrogens is 2. The topological polar surface area (TPSA) is 96.4 Å². The predicted molar refractivity (Wildman–Crippen MR) is 145 cm³/mol. The third kappa shape index (κ3) is 5.17. The largest absolute Gasteiger partial charge is 0.468 e. The number of anilines is 3. The Morgan fingerprint density at radius 3 is 2.24 bits per heavy atom. The average Bonchev–Trinajstić information content (AvgIpc) is 2.92. The molecule has 0 bridgehead atoms. The zero-order chi connectivity index (χ0) is 25.7. The lowest BCUT2D eigenvalue weighted by Gasteiger charge is -2.39. The van der Waals surface area contributed by atoms with Gasteiger partial charge in [0, 0.05) is 17.3 Å². The highest BCUT2D eigenvalue weighted by molar-refractivity contribution is 5.84. The molecular weight excluding hydrogens is 464 g/mol. The van der Waals surface area contributed by atoms with Gasteiger partial charge in [-0.05, 0) is 36.1 Å². The highest BCUT2D eigenvalue weighted by Crippen LogP contribution is 2.45.